The Hall–Kier alpha value is -2.87. The zero-order valence-corrected chi connectivity index (χ0v) is 25.4. The van der Waals surface area contributed by atoms with Gasteiger partial charge in [-0.15, -0.1) is 0 Å². The Balaban J connectivity index is 1.72. The summed E-state index contributed by atoms with van der Waals surface area (Å²) in [7, 11) is -4.60. The highest BCUT2D eigenvalue weighted by atomic mass is 32.2. The van der Waals surface area contributed by atoms with Gasteiger partial charge in [0.25, 0.3) is 12.0 Å². The van der Waals surface area contributed by atoms with E-state index in [1.165, 1.54) is 53.6 Å². The molecular formula is C28H35F2N3O6S2. The summed E-state index contributed by atoms with van der Waals surface area (Å²) >= 11 is 0. The molecule has 0 bridgehead atoms. The predicted octanol–water partition coefficient (Wildman–Crippen LogP) is 4.31. The minimum absolute atomic E-state index is 0.0139. The van der Waals surface area contributed by atoms with E-state index >= 15 is 0 Å². The van der Waals surface area contributed by atoms with E-state index in [2.05, 4.69) is 0 Å². The molecule has 13 heteroatoms. The summed E-state index contributed by atoms with van der Waals surface area (Å²) in [5.74, 6) is -0.507. The second kappa shape index (κ2) is 11.4. The molecule has 2 aromatic carbocycles. The van der Waals surface area contributed by atoms with Gasteiger partial charge in [-0.3, -0.25) is 4.79 Å². The van der Waals surface area contributed by atoms with Crippen LogP contribution in [0.2, 0.25) is 0 Å². The summed E-state index contributed by atoms with van der Waals surface area (Å²) < 4.78 is 85.4. The number of hydrogen-bond donors (Lipinski definition) is 0. The Bertz CT molecular complexity index is 1570. The third-order valence-corrected chi connectivity index (χ3v) is 11.8. The molecule has 2 aliphatic rings. The Kier molecular flexibility index (Phi) is 8.66. The molecule has 4 rings (SSSR count). The number of ether oxygens (including phenoxy) is 1. The van der Waals surface area contributed by atoms with Crippen molar-refractivity contribution in [2.75, 3.05) is 50.2 Å². The summed E-state index contributed by atoms with van der Waals surface area (Å²) in [5.41, 5.74) is 0.173. The molecule has 224 valence electrons. The van der Waals surface area contributed by atoms with Crippen LogP contribution in [0.15, 0.2) is 63.9 Å². The van der Waals surface area contributed by atoms with Crippen molar-refractivity contribution in [3.63, 3.8) is 0 Å². The summed E-state index contributed by atoms with van der Waals surface area (Å²) in [5, 5.41) is -0.688. The number of amides is 1. The van der Waals surface area contributed by atoms with Crippen LogP contribution < -0.4 is 9.80 Å². The van der Waals surface area contributed by atoms with Gasteiger partial charge in [0, 0.05) is 38.4 Å². The first-order valence-corrected chi connectivity index (χ1v) is 16.1. The number of sulfone groups is 1. The average Bonchev–Trinajstić information content (AvgIpc) is 2.89. The van der Waals surface area contributed by atoms with Gasteiger partial charge in [0.1, 0.15) is 5.25 Å². The van der Waals surface area contributed by atoms with Crippen LogP contribution in [0.25, 0.3) is 0 Å². The van der Waals surface area contributed by atoms with Crippen LogP contribution in [0, 0.1) is 0 Å². The van der Waals surface area contributed by atoms with E-state index in [-0.39, 0.29) is 60.1 Å². The number of anilines is 2. The van der Waals surface area contributed by atoms with E-state index in [9.17, 15) is 30.4 Å². The molecule has 2 aromatic rings. The van der Waals surface area contributed by atoms with Crippen LogP contribution in [-0.4, -0.2) is 78.2 Å². The maximum Gasteiger partial charge on any atom is 0.269 e. The quantitative estimate of drug-likeness (QED) is 0.460. The lowest BCUT2D eigenvalue weighted by Crippen LogP contribution is -2.42. The van der Waals surface area contributed by atoms with Crippen molar-refractivity contribution >= 4 is 37.1 Å². The van der Waals surface area contributed by atoms with Gasteiger partial charge in [0.05, 0.1) is 34.3 Å². The van der Waals surface area contributed by atoms with Gasteiger partial charge < -0.3 is 14.5 Å². The summed E-state index contributed by atoms with van der Waals surface area (Å²) in [6.07, 6.45) is -1.55. The van der Waals surface area contributed by atoms with Gasteiger partial charge in [-0.05, 0) is 75.6 Å². The monoisotopic (exact) mass is 611 g/mol. The molecule has 2 fully saturated rings. The van der Waals surface area contributed by atoms with Gasteiger partial charge in [-0.25, -0.2) is 16.8 Å². The lowest BCUT2D eigenvalue weighted by Gasteiger charge is -2.33. The first-order chi connectivity index (χ1) is 19.0. The molecule has 0 aromatic heterocycles. The van der Waals surface area contributed by atoms with E-state index in [1.807, 2.05) is 0 Å². The zero-order valence-electron chi connectivity index (χ0n) is 23.7. The molecule has 2 saturated heterocycles. The molecule has 0 atom stereocenters. The number of carbonyl (C=O) groups is 1. The summed E-state index contributed by atoms with van der Waals surface area (Å²) in [6.45, 7) is 5.84. The number of hydrogen-bond acceptors (Lipinski definition) is 7. The van der Waals surface area contributed by atoms with Crippen molar-refractivity contribution < 1.29 is 35.1 Å². The van der Waals surface area contributed by atoms with Crippen LogP contribution in [0.5, 0.6) is 0 Å². The Morgan fingerprint density at radius 2 is 1.59 bits per heavy atom. The Morgan fingerprint density at radius 3 is 2.12 bits per heavy atom. The third kappa shape index (κ3) is 6.18. The van der Waals surface area contributed by atoms with E-state index in [0.29, 0.717) is 11.4 Å². The lowest BCUT2D eigenvalue weighted by atomic mass is 10.0. The van der Waals surface area contributed by atoms with Gasteiger partial charge in [0.15, 0.2) is 9.84 Å². The topological polar surface area (TPSA) is 104 Å². The second-order valence-electron chi connectivity index (χ2n) is 11.2. The van der Waals surface area contributed by atoms with Crippen LogP contribution in [-0.2, 0) is 24.6 Å². The number of sulfonamides is 1. The number of halogens is 2. The smallest absolute Gasteiger partial charge is 0.269 e. The minimum Gasteiger partial charge on any atom is -0.379 e. The maximum absolute atomic E-state index is 13.8. The van der Waals surface area contributed by atoms with Gasteiger partial charge >= 0.3 is 0 Å². The molecule has 0 aliphatic carbocycles. The van der Waals surface area contributed by atoms with Crippen LogP contribution in [0.1, 0.15) is 44.0 Å². The van der Waals surface area contributed by atoms with E-state index in [1.54, 1.807) is 37.8 Å². The minimum atomic E-state index is -3.86. The molecule has 1 amide bonds. The lowest BCUT2D eigenvalue weighted by molar-refractivity contribution is 0.0416. The molecule has 0 N–H and O–H groups in total. The van der Waals surface area contributed by atoms with Crippen molar-refractivity contribution in [2.45, 2.75) is 54.2 Å². The van der Waals surface area contributed by atoms with Crippen molar-refractivity contribution in [3.8, 4) is 0 Å². The third-order valence-electron chi connectivity index (χ3n) is 7.66. The number of rotatable bonds is 7. The van der Waals surface area contributed by atoms with E-state index in [4.69, 9.17) is 4.74 Å². The highest BCUT2D eigenvalue weighted by Gasteiger charge is 2.36. The first kappa shape index (κ1) is 31.1. The highest BCUT2D eigenvalue weighted by Crippen LogP contribution is 2.34. The van der Waals surface area contributed by atoms with Crippen LogP contribution in [0.3, 0.4) is 0 Å². The zero-order chi connectivity index (χ0) is 30.3. The molecular weight excluding hydrogens is 576 g/mol. The highest BCUT2D eigenvalue weighted by molar-refractivity contribution is 7.92. The van der Waals surface area contributed by atoms with Crippen LogP contribution >= 0.6 is 0 Å². The van der Waals surface area contributed by atoms with Crippen molar-refractivity contribution in [1.82, 2.24) is 4.31 Å². The SMILES string of the molecule is CN(C(=O)c1ccc(S(=O)(=O)C2COC2)cc1N1CCC(=C(F)F)CC1)c1cccc(S(=O)(=O)N(C)C(C)(C)C)c1. The van der Waals surface area contributed by atoms with Crippen molar-refractivity contribution in [3.05, 3.63) is 59.7 Å². The van der Waals surface area contributed by atoms with Gasteiger partial charge in [-0.1, -0.05) is 6.07 Å². The van der Waals surface area contributed by atoms with Gasteiger partial charge in [0.2, 0.25) is 10.0 Å². The molecule has 0 radical (unpaired) electrons. The maximum atomic E-state index is 13.8. The summed E-state index contributed by atoms with van der Waals surface area (Å²) in [6, 6.07) is 10.2. The van der Waals surface area contributed by atoms with Gasteiger partial charge in [-0.2, -0.15) is 13.1 Å². The molecule has 9 nitrogen and oxygen atoms in total. The molecule has 0 unspecified atom stereocenters. The largest absolute Gasteiger partial charge is 0.379 e. The second-order valence-corrected chi connectivity index (χ2v) is 15.4. The predicted molar refractivity (Wildman–Crippen MR) is 153 cm³/mol. The first-order valence-electron chi connectivity index (χ1n) is 13.2. The molecule has 0 spiro atoms. The number of benzene rings is 2. The molecule has 0 saturated carbocycles. The molecule has 2 aliphatic heterocycles. The normalized spacial score (nSPS) is 17.0. The number of nitrogens with zero attached hydrogens (tertiary/aromatic N) is 3. The fraction of sp³-hybridized carbons (Fsp3) is 0.464. The Labute approximate surface area is 240 Å². The average molecular weight is 612 g/mol. The summed E-state index contributed by atoms with van der Waals surface area (Å²) in [4.78, 5) is 16.9. The van der Waals surface area contributed by atoms with E-state index in [0.717, 1.165) is 0 Å². The molecule has 41 heavy (non-hydrogen) atoms. The van der Waals surface area contributed by atoms with Crippen LogP contribution in [0.4, 0.5) is 20.2 Å². The fourth-order valence-corrected chi connectivity index (χ4v) is 7.62. The fourth-order valence-electron chi connectivity index (χ4n) is 4.59. The molecule has 2 heterocycles. The number of carbonyl (C=O) groups excluding carboxylic acids is 1. The Morgan fingerprint density at radius 1 is 0.951 bits per heavy atom. The van der Waals surface area contributed by atoms with E-state index < -0.39 is 42.6 Å². The number of piperidine rings is 1. The van der Waals surface area contributed by atoms with Crippen molar-refractivity contribution in [2.24, 2.45) is 0 Å². The standard InChI is InChI=1S/C28H35F2N3O6S2/c1-28(2,3)32(5)41(37,38)22-8-6-7-20(15-22)31(4)27(34)24-10-9-21(40(35,36)23-17-39-18-23)16-25(24)33-13-11-19(12-14-33)26(29)30/h6-10,15-16,23H,11-14,17-18H2,1-5H3. The van der Waals surface area contributed by atoms with Crippen molar-refractivity contribution in [1.29, 1.82) is 0 Å².